The number of rotatable bonds is 6. The maximum atomic E-state index is 14.5. The number of aryl methyl sites for hydroxylation is 2. The van der Waals surface area contributed by atoms with Gasteiger partial charge in [-0.05, 0) is 56.2 Å². The van der Waals surface area contributed by atoms with Crippen LogP contribution in [-0.4, -0.2) is 44.5 Å². The van der Waals surface area contributed by atoms with E-state index in [1.807, 2.05) is 36.9 Å². The van der Waals surface area contributed by atoms with Crippen LogP contribution in [0.4, 0.5) is 10.1 Å². The first-order valence-corrected chi connectivity index (χ1v) is 9.59. The third-order valence-electron chi connectivity index (χ3n) is 4.63. The van der Waals surface area contributed by atoms with Crippen molar-refractivity contribution in [3.05, 3.63) is 58.9 Å². The Hall–Kier alpha value is -2.93. The van der Waals surface area contributed by atoms with Gasteiger partial charge in [0.25, 0.3) is 5.91 Å². The molecule has 1 heterocycles. The predicted octanol–water partition coefficient (Wildman–Crippen LogP) is 3.20. The highest BCUT2D eigenvalue weighted by Crippen LogP contribution is 2.22. The molecule has 154 valence electrons. The first kappa shape index (κ1) is 20.8. The van der Waals surface area contributed by atoms with E-state index in [4.69, 9.17) is 9.47 Å². The van der Waals surface area contributed by atoms with Gasteiger partial charge in [-0.2, -0.15) is 5.10 Å². The summed E-state index contributed by atoms with van der Waals surface area (Å²) < 4.78 is 25.3. The zero-order valence-electron chi connectivity index (χ0n) is 17.0. The fourth-order valence-electron chi connectivity index (χ4n) is 3.20. The van der Waals surface area contributed by atoms with Crippen LogP contribution in [0.3, 0.4) is 0 Å². The fourth-order valence-corrected chi connectivity index (χ4v) is 3.20. The second-order valence-electron chi connectivity index (χ2n) is 7.11. The van der Waals surface area contributed by atoms with Crippen LogP contribution in [0.25, 0.3) is 0 Å². The Morgan fingerprint density at radius 3 is 2.52 bits per heavy atom. The SMILES string of the molecule is C/C(=N/NC(=O)COc1cc(C)cc(C)c1)c1ccc(N2CCOCC2)c(F)c1. The van der Waals surface area contributed by atoms with Gasteiger partial charge in [-0.15, -0.1) is 0 Å². The smallest absolute Gasteiger partial charge is 0.277 e. The first-order valence-electron chi connectivity index (χ1n) is 9.59. The number of halogens is 1. The van der Waals surface area contributed by atoms with Gasteiger partial charge in [0, 0.05) is 18.7 Å². The number of nitrogens with zero attached hydrogens (tertiary/aromatic N) is 2. The number of carbonyl (C=O) groups excluding carboxylic acids is 1. The number of amides is 1. The molecule has 0 aliphatic carbocycles. The molecule has 2 aromatic rings. The Labute approximate surface area is 170 Å². The molecule has 0 radical (unpaired) electrons. The zero-order chi connectivity index (χ0) is 20.8. The van der Waals surface area contributed by atoms with Crippen LogP contribution in [-0.2, 0) is 9.53 Å². The maximum Gasteiger partial charge on any atom is 0.277 e. The van der Waals surface area contributed by atoms with Gasteiger partial charge in [0.15, 0.2) is 6.61 Å². The monoisotopic (exact) mass is 399 g/mol. The number of hydrogen-bond acceptors (Lipinski definition) is 5. The normalized spacial score (nSPS) is 14.6. The molecule has 7 heteroatoms. The fraction of sp³-hybridized carbons (Fsp3) is 0.364. The van der Waals surface area contributed by atoms with Gasteiger partial charge < -0.3 is 14.4 Å². The Bertz CT molecular complexity index is 888. The molecule has 29 heavy (non-hydrogen) atoms. The van der Waals surface area contributed by atoms with Crippen molar-refractivity contribution in [1.29, 1.82) is 0 Å². The minimum absolute atomic E-state index is 0.149. The Balaban J connectivity index is 1.57. The van der Waals surface area contributed by atoms with Crippen LogP contribution in [0.2, 0.25) is 0 Å². The number of hydrazone groups is 1. The summed E-state index contributed by atoms with van der Waals surface area (Å²) in [6.07, 6.45) is 0. The third-order valence-corrected chi connectivity index (χ3v) is 4.63. The minimum atomic E-state index is -0.381. The van der Waals surface area contributed by atoms with E-state index in [0.717, 1.165) is 11.1 Å². The second kappa shape index (κ2) is 9.52. The number of benzene rings is 2. The quantitative estimate of drug-likeness (QED) is 0.599. The number of nitrogens with one attached hydrogen (secondary N) is 1. The van der Waals surface area contributed by atoms with Crippen LogP contribution < -0.4 is 15.1 Å². The van der Waals surface area contributed by atoms with E-state index < -0.39 is 0 Å². The predicted molar refractivity (Wildman–Crippen MR) is 111 cm³/mol. The highest BCUT2D eigenvalue weighted by molar-refractivity contribution is 5.99. The average molecular weight is 399 g/mol. The van der Waals surface area contributed by atoms with Gasteiger partial charge in [0.2, 0.25) is 0 Å². The van der Waals surface area contributed by atoms with Gasteiger partial charge in [-0.1, -0.05) is 12.1 Å². The minimum Gasteiger partial charge on any atom is -0.484 e. The number of carbonyl (C=O) groups is 1. The molecule has 1 N–H and O–H groups in total. The summed E-state index contributed by atoms with van der Waals surface area (Å²) in [4.78, 5) is 14.0. The molecule has 3 rings (SSSR count). The highest BCUT2D eigenvalue weighted by atomic mass is 19.1. The molecule has 1 aliphatic heterocycles. The lowest BCUT2D eigenvalue weighted by molar-refractivity contribution is -0.123. The molecule has 6 nitrogen and oxygen atoms in total. The van der Waals surface area contributed by atoms with E-state index in [0.29, 0.717) is 49.0 Å². The maximum absolute atomic E-state index is 14.5. The summed E-state index contributed by atoms with van der Waals surface area (Å²) in [5.74, 6) is -0.0588. The van der Waals surface area contributed by atoms with Crippen molar-refractivity contribution in [1.82, 2.24) is 5.43 Å². The summed E-state index contributed by atoms with van der Waals surface area (Å²) >= 11 is 0. The molecular formula is C22H26FN3O3. The average Bonchev–Trinajstić information content (AvgIpc) is 2.70. The van der Waals surface area contributed by atoms with Gasteiger partial charge in [0.05, 0.1) is 24.6 Å². The van der Waals surface area contributed by atoms with Gasteiger partial charge in [-0.3, -0.25) is 4.79 Å². The highest BCUT2D eigenvalue weighted by Gasteiger charge is 2.16. The largest absolute Gasteiger partial charge is 0.484 e. The molecule has 2 aromatic carbocycles. The molecular weight excluding hydrogens is 373 g/mol. The van der Waals surface area contributed by atoms with Crippen LogP contribution >= 0.6 is 0 Å². The van der Waals surface area contributed by atoms with Crippen LogP contribution in [0.1, 0.15) is 23.6 Å². The van der Waals surface area contributed by atoms with Crippen LogP contribution in [0, 0.1) is 19.7 Å². The van der Waals surface area contributed by atoms with Gasteiger partial charge >= 0.3 is 0 Å². The van der Waals surface area contributed by atoms with E-state index >= 15 is 0 Å². The summed E-state index contributed by atoms with van der Waals surface area (Å²) in [6, 6.07) is 10.7. The van der Waals surface area contributed by atoms with E-state index in [2.05, 4.69) is 10.5 Å². The molecule has 0 atom stereocenters. The van der Waals surface area contributed by atoms with Crippen LogP contribution in [0.5, 0.6) is 5.75 Å². The van der Waals surface area contributed by atoms with Crippen molar-refractivity contribution in [2.45, 2.75) is 20.8 Å². The lowest BCUT2D eigenvalue weighted by Crippen LogP contribution is -2.36. The first-order chi connectivity index (χ1) is 13.9. The molecule has 0 unspecified atom stereocenters. The summed E-state index contributed by atoms with van der Waals surface area (Å²) in [5.41, 5.74) is 6.25. The molecule has 1 aliphatic rings. The molecule has 0 spiro atoms. The summed E-state index contributed by atoms with van der Waals surface area (Å²) in [5, 5.41) is 4.06. The molecule has 1 saturated heterocycles. The lowest BCUT2D eigenvalue weighted by Gasteiger charge is -2.29. The van der Waals surface area contributed by atoms with E-state index in [9.17, 15) is 9.18 Å². The van der Waals surface area contributed by atoms with Crippen molar-refractivity contribution < 1.29 is 18.7 Å². The second-order valence-corrected chi connectivity index (χ2v) is 7.11. The topological polar surface area (TPSA) is 63.2 Å². The molecule has 0 bridgehead atoms. The molecule has 0 aromatic heterocycles. The van der Waals surface area contributed by atoms with Crippen molar-refractivity contribution in [2.24, 2.45) is 5.10 Å². The molecule has 1 amide bonds. The van der Waals surface area contributed by atoms with Gasteiger partial charge in [0.1, 0.15) is 11.6 Å². The summed E-state index contributed by atoms with van der Waals surface area (Å²) in [6.45, 7) is 8.03. The van der Waals surface area contributed by atoms with Crippen molar-refractivity contribution in [3.63, 3.8) is 0 Å². The Morgan fingerprint density at radius 1 is 1.17 bits per heavy atom. The molecule has 0 saturated carbocycles. The van der Waals surface area contributed by atoms with Crippen LogP contribution in [0.15, 0.2) is 41.5 Å². The number of ether oxygens (including phenoxy) is 2. The van der Waals surface area contributed by atoms with Crippen molar-refractivity contribution >= 4 is 17.3 Å². The lowest BCUT2D eigenvalue weighted by atomic mass is 10.1. The van der Waals surface area contributed by atoms with E-state index in [1.54, 1.807) is 19.1 Å². The zero-order valence-corrected chi connectivity index (χ0v) is 17.0. The Morgan fingerprint density at radius 2 is 1.86 bits per heavy atom. The number of hydrogen-bond donors (Lipinski definition) is 1. The van der Waals surface area contributed by atoms with E-state index in [-0.39, 0.29) is 18.3 Å². The van der Waals surface area contributed by atoms with Crippen molar-refractivity contribution in [2.75, 3.05) is 37.8 Å². The summed E-state index contributed by atoms with van der Waals surface area (Å²) in [7, 11) is 0. The Kier molecular flexibility index (Phi) is 6.82. The third kappa shape index (κ3) is 5.77. The van der Waals surface area contributed by atoms with Gasteiger partial charge in [-0.25, -0.2) is 9.82 Å². The number of morpholine rings is 1. The van der Waals surface area contributed by atoms with E-state index in [1.165, 1.54) is 6.07 Å². The molecule has 1 fully saturated rings. The van der Waals surface area contributed by atoms with Crippen molar-refractivity contribution in [3.8, 4) is 5.75 Å². The standard InChI is InChI=1S/C22H26FN3O3/c1-15-10-16(2)12-19(11-15)29-14-22(27)25-24-17(3)18-4-5-21(20(23)13-18)26-6-8-28-9-7-26/h4-5,10-13H,6-9,14H2,1-3H3,(H,25,27)/b24-17-. The number of anilines is 1.